The van der Waals surface area contributed by atoms with Crippen LogP contribution in [0.1, 0.15) is 33.1 Å². The fourth-order valence-electron chi connectivity index (χ4n) is 3.02. The minimum absolute atomic E-state index is 0.181. The zero-order chi connectivity index (χ0) is 19.7. The standard InChI is InChI=1S/C21H20N4O3/c1-13-18(15(3)28-24-13)12-27-17-6-4-16(5-7-17)21(26)23-19-8-9-20-22-10-11-25(20)14(19)2/h4-11H,12H2,1-3H3,(H,23,26). The van der Waals surface area contributed by atoms with Gasteiger partial charge >= 0.3 is 0 Å². The number of amides is 1. The third kappa shape index (κ3) is 3.34. The summed E-state index contributed by atoms with van der Waals surface area (Å²) in [6, 6.07) is 10.8. The minimum atomic E-state index is -0.181. The summed E-state index contributed by atoms with van der Waals surface area (Å²) in [6.07, 6.45) is 3.60. The van der Waals surface area contributed by atoms with E-state index in [2.05, 4.69) is 15.5 Å². The monoisotopic (exact) mass is 376 g/mol. The first kappa shape index (κ1) is 17.8. The van der Waals surface area contributed by atoms with Gasteiger partial charge in [0.2, 0.25) is 0 Å². The Kier molecular flexibility index (Phi) is 4.57. The highest BCUT2D eigenvalue weighted by molar-refractivity contribution is 6.04. The van der Waals surface area contributed by atoms with Gasteiger partial charge in [-0.15, -0.1) is 0 Å². The topological polar surface area (TPSA) is 81.7 Å². The lowest BCUT2D eigenvalue weighted by molar-refractivity contribution is 0.102. The SMILES string of the molecule is Cc1noc(C)c1COc1ccc(C(=O)Nc2ccc3nccn3c2C)cc1. The molecule has 3 heterocycles. The molecule has 0 bridgehead atoms. The zero-order valence-electron chi connectivity index (χ0n) is 15.9. The molecular weight excluding hydrogens is 356 g/mol. The van der Waals surface area contributed by atoms with Gasteiger partial charge in [-0.2, -0.15) is 0 Å². The van der Waals surface area contributed by atoms with Crippen molar-refractivity contribution in [1.29, 1.82) is 0 Å². The number of hydrogen-bond acceptors (Lipinski definition) is 5. The van der Waals surface area contributed by atoms with Crippen LogP contribution in [-0.4, -0.2) is 20.4 Å². The maximum absolute atomic E-state index is 12.6. The van der Waals surface area contributed by atoms with Crippen molar-refractivity contribution in [2.75, 3.05) is 5.32 Å². The summed E-state index contributed by atoms with van der Waals surface area (Å²) < 4.78 is 12.8. The Morgan fingerprint density at radius 2 is 1.93 bits per heavy atom. The third-order valence-electron chi connectivity index (χ3n) is 4.75. The first-order valence-corrected chi connectivity index (χ1v) is 8.91. The van der Waals surface area contributed by atoms with Crippen molar-refractivity contribution in [3.8, 4) is 5.75 Å². The van der Waals surface area contributed by atoms with E-state index in [-0.39, 0.29) is 5.91 Å². The summed E-state index contributed by atoms with van der Waals surface area (Å²) in [5.74, 6) is 1.24. The number of carbonyl (C=O) groups excluding carboxylic acids is 1. The Morgan fingerprint density at radius 1 is 1.14 bits per heavy atom. The van der Waals surface area contributed by atoms with Crippen LogP contribution < -0.4 is 10.1 Å². The average molecular weight is 376 g/mol. The van der Waals surface area contributed by atoms with E-state index < -0.39 is 0 Å². The number of anilines is 1. The molecule has 0 aliphatic carbocycles. The van der Waals surface area contributed by atoms with Gasteiger partial charge in [0.1, 0.15) is 23.8 Å². The van der Waals surface area contributed by atoms with Crippen LogP contribution in [0.15, 0.2) is 53.3 Å². The first-order valence-electron chi connectivity index (χ1n) is 8.91. The summed E-state index contributed by atoms with van der Waals surface area (Å²) >= 11 is 0. The van der Waals surface area contributed by atoms with Gasteiger partial charge in [-0.1, -0.05) is 5.16 Å². The van der Waals surface area contributed by atoms with Crippen LogP contribution in [0.2, 0.25) is 0 Å². The van der Waals surface area contributed by atoms with Crippen molar-refractivity contribution < 1.29 is 14.1 Å². The summed E-state index contributed by atoms with van der Waals surface area (Å²) in [4.78, 5) is 16.8. The van der Waals surface area contributed by atoms with E-state index in [4.69, 9.17) is 9.26 Å². The Hall–Kier alpha value is -3.61. The molecular formula is C21H20N4O3. The van der Waals surface area contributed by atoms with Gasteiger partial charge in [-0.25, -0.2) is 4.98 Å². The van der Waals surface area contributed by atoms with Crippen LogP contribution in [0.3, 0.4) is 0 Å². The van der Waals surface area contributed by atoms with Gasteiger partial charge in [0.25, 0.3) is 5.91 Å². The molecule has 0 aliphatic rings. The predicted octanol–water partition coefficient (Wildman–Crippen LogP) is 4.08. The molecule has 142 valence electrons. The summed E-state index contributed by atoms with van der Waals surface area (Å²) in [6.45, 7) is 6.05. The number of benzene rings is 1. The molecule has 0 saturated heterocycles. The number of fused-ring (bicyclic) bond motifs is 1. The normalized spacial score (nSPS) is 11.0. The predicted molar refractivity (Wildman–Crippen MR) is 105 cm³/mol. The molecule has 28 heavy (non-hydrogen) atoms. The van der Waals surface area contributed by atoms with Gasteiger partial charge in [0, 0.05) is 23.7 Å². The number of hydrogen-bond donors (Lipinski definition) is 1. The van der Waals surface area contributed by atoms with Gasteiger partial charge in [0.05, 0.1) is 16.9 Å². The van der Waals surface area contributed by atoms with Crippen molar-refractivity contribution in [3.05, 3.63) is 77.1 Å². The lowest BCUT2D eigenvalue weighted by Crippen LogP contribution is -2.13. The lowest BCUT2D eigenvalue weighted by atomic mass is 10.2. The molecule has 1 aromatic carbocycles. The molecule has 1 amide bonds. The lowest BCUT2D eigenvalue weighted by Gasteiger charge is -2.11. The van der Waals surface area contributed by atoms with E-state index in [1.165, 1.54) is 0 Å². The Morgan fingerprint density at radius 3 is 2.64 bits per heavy atom. The van der Waals surface area contributed by atoms with Gasteiger partial charge < -0.3 is 19.0 Å². The second kappa shape index (κ2) is 7.19. The summed E-state index contributed by atoms with van der Waals surface area (Å²) in [5.41, 5.74) is 4.81. The van der Waals surface area contributed by atoms with Gasteiger partial charge in [0.15, 0.2) is 0 Å². The van der Waals surface area contributed by atoms with Crippen LogP contribution >= 0.6 is 0 Å². The van der Waals surface area contributed by atoms with Crippen molar-refractivity contribution in [3.63, 3.8) is 0 Å². The van der Waals surface area contributed by atoms with Crippen LogP contribution in [0.25, 0.3) is 5.65 Å². The average Bonchev–Trinajstić information content (AvgIpc) is 3.30. The highest BCUT2D eigenvalue weighted by atomic mass is 16.5. The number of aromatic nitrogens is 3. The van der Waals surface area contributed by atoms with Gasteiger partial charge in [-0.3, -0.25) is 4.79 Å². The van der Waals surface area contributed by atoms with Gasteiger partial charge in [-0.05, 0) is 57.2 Å². The molecule has 1 N–H and O–H groups in total. The zero-order valence-corrected chi connectivity index (χ0v) is 15.9. The highest BCUT2D eigenvalue weighted by Gasteiger charge is 2.12. The van der Waals surface area contributed by atoms with E-state index in [0.717, 1.165) is 34.0 Å². The molecule has 0 aliphatic heterocycles. The van der Waals surface area contributed by atoms with E-state index in [1.807, 2.05) is 43.5 Å². The van der Waals surface area contributed by atoms with E-state index in [1.54, 1.807) is 30.5 Å². The first-order chi connectivity index (χ1) is 13.5. The van der Waals surface area contributed by atoms with Crippen molar-refractivity contribution in [2.45, 2.75) is 27.4 Å². The Bertz CT molecular complexity index is 1120. The molecule has 0 spiro atoms. The molecule has 7 nitrogen and oxygen atoms in total. The molecule has 7 heteroatoms. The van der Waals surface area contributed by atoms with E-state index in [9.17, 15) is 4.79 Å². The third-order valence-corrected chi connectivity index (χ3v) is 4.75. The molecule has 0 fully saturated rings. The molecule has 3 aromatic heterocycles. The van der Waals surface area contributed by atoms with Crippen LogP contribution in [0, 0.1) is 20.8 Å². The van der Waals surface area contributed by atoms with E-state index >= 15 is 0 Å². The maximum Gasteiger partial charge on any atom is 0.255 e. The Labute approximate surface area is 161 Å². The number of imidazole rings is 1. The number of nitrogens with one attached hydrogen (secondary N) is 1. The Balaban J connectivity index is 1.44. The quantitative estimate of drug-likeness (QED) is 0.568. The molecule has 4 rings (SSSR count). The second-order valence-corrected chi connectivity index (χ2v) is 6.56. The smallest absolute Gasteiger partial charge is 0.255 e. The van der Waals surface area contributed by atoms with E-state index in [0.29, 0.717) is 17.9 Å². The van der Waals surface area contributed by atoms with Crippen molar-refractivity contribution in [1.82, 2.24) is 14.5 Å². The van der Waals surface area contributed by atoms with Crippen LogP contribution in [0.4, 0.5) is 5.69 Å². The minimum Gasteiger partial charge on any atom is -0.489 e. The fraction of sp³-hybridized carbons (Fsp3) is 0.190. The van der Waals surface area contributed by atoms with Crippen molar-refractivity contribution in [2.24, 2.45) is 0 Å². The molecule has 0 atom stereocenters. The number of carbonyl (C=O) groups is 1. The number of nitrogens with zero attached hydrogens (tertiary/aromatic N) is 3. The summed E-state index contributed by atoms with van der Waals surface area (Å²) in [7, 11) is 0. The van der Waals surface area contributed by atoms with Crippen LogP contribution in [0.5, 0.6) is 5.75 Å². The highest BCUT2D eigenvalue weighted by Crippen LogP contribution is 2.20. The largest absolute Gasteiger partial charge is 0.489 e. The van der Waals surface area contributed by atoms with Crippen LogP contribution in [-0.2, 0) is 6.61 Å². The molecule has 0 saturated carbocycles. The molecule has 0 radical (unpaired) electrons. The number of rotatable bonds is 5. The fourth-order valence-corrected chi connectivity index (χ4v) is 3.02. The number of ether oxygens (including phenoxy) is 1. The second-order valence-electron chi connectivity index (χ2n) is 6.56. The molecule has 4 aromatic rings. The van der Waals surface area contributed by atoms with Crippen molar-refractivity contribution >= 4 is 17.2 Å². The summed E-state index contributed by atoms with van der Waals surface area (Å²) in [5, 5.41) is 6.86. The number of aryl methyl sites for hydroxylation is 3. The number of pyridine rings is 1. The molecule has 0 unspecified atom stereocenters. The maximum atomic E-state index is 12.6.